The van der Waals surface area contributed by atoms with E-state index < -0.39 is 34.6 Å². The fourth-order valence-corrected chi connectivity index (χ4v) is 6.06. The highest BCUT2D eigenvalue weighted by atomic mass is 32.2. The summed E-state index contributed by atoms with van der Waals surface area (Å²) >= 11 is -1.62. The Kier molecular flexibility index (Phi) is 5.16. The van der Waals surface area contributed by atoms with E-state index in [-0.39, 0.29) is 0 Å². The van der Waals surface area contributed by atoms with E-state index >= 15 is 0 Å². The van der Waals surface area contributed by atoms with Crippen molar-refractivity contribution in [1.29, 1.82) is 0 Å². The first-order chi connectivity index (χ1) is 14.3. The van der Waals surface area contributed by atoms with Gasteiger partial charge in [0.2, 0.25) is 5.88 Å². The number of rotatable bonds is 7. The molecule has 0 spiro atoms. The van der Waals surface area contributed by atoms with E-state index in [2.05, 4.69) is 5.16 Å². The van der Waals surface area contributed by atoms with Crippen LogP contribution in [-0.4, -0.2) is 44.6 Å². The third kappa shape index (κ3) is 3.11. The van der Waals surface area contributed by atoms with Crippen molar-refractivity contribution in [3.63, 3.8) is 0 Å². The van der Waals surface area contributed by atoms with Crippen molar-refractivity contribution < 1.29 is 23.2 Å². The molecule has 1 N–H and O–H groups in total. The molecule has 1 aliphatic rings. The van der Waals surface area contributed by atoms with Gasteiger partial charge >= 0.3 is 5.97 Å². The smallest absolute Gasteiger partial charge is 0.331 e. The predicted molar refractivity (Wildman–Crippen MR) is 114 cm³/mol. The largest absolute Gasteiger partial charge is 0.755 e. The summed E-state index contributed by atoms with van der Waals surface area (Å²) in [6.45, 7) is 1.77. The first-order valence-electron chi connectivity index (χ1n) is 9.20. The molecule has 4 rings (SSSR count). The molecule has 0 amide bonds. The maximum atomic E-state index is 12.4. The fraction of sp³-hybridized carbons (Fsp3) is 0.300. The Labute approximate surface area is 180 Å². The van der Waals surface area contributed by atoms with Gasteiger partial charge in [-0.2, -0.15) is 0 Å². The summed E-state index contributed by atoms with van der Waals surface area (Å²) in [5, 5.41) is 14.5. The van der Waals surface area contributed by atoms with Crippen molar-refractivity contribution in [1.82, 2.24) is 5.16 Å². The Bertz CT molecular complexity index is 1100. The van der Waals surface area contributed by atoms with E-state index in [1.54, 1.807) is 30.0 Å². The van der Waals surface area contributed by atoms with Gasteiger partial charge in [-0.25, -0.2) is 4.79 Å². The molecule has 2 aromatic heterocycles. The number of carbonyl (C=O) groups is 1. The van der Waals surface area contributed by atoms with Crippen LogP contribution in [0.1, 0.15) is 18.4 Å². The van der Waals surface area contributed by atoms with Gasteiger partial charge in [0.1, 0.15) is 10.7 Å². The van der Waals surface area contributed by atoms with E-state index in [4.69, 9.17) is 4.52 Å². The minimum absolute atomic E-state index is 0.320. The maximum absolute atomic E-state index is 12.4. The lowest BCUT2D eigenvalue weighted by atomic mass is 10.1. The number of anilines is 2. The van der Waals surface area contributed by atoms with E-state index in [1.807, 2.05) is 44.4 Å². The zero-order chi connectivity index (χ0) is 21.6. The maximum Gasteiger partial charge on any atom is 0.331 e. The van der Waals surface area contributed by atoms with Gasteiger partial charge in [0, 0.05) is 43.3 Å². The molecule has 30 heavy (non-hydrogen) atoms. The van der Waals surface area contributed by atoms with Crippen molar-refractivity contribution in [3.05, 3.63) is 54.1 Å². The molecular weight excluding hydrogens is 426 g/mol. The van der Waals surface area contributed by atoms with Crippen LogP contribution in [0.5, 0.6) is 0 Å². The Hall–Kier alpha value is -2.69. The number of aliphatic carboxylic acids is 1. The monoisotopic (exact) mass is 446 g/mol. The number of nitrogens with zero attached hydrogens (tertiary/aromatic N) is 3. The molecule has 10 heteroatoms. The molecule has 1 saturated carbocycles. The highest BCUT2D eigenvalue weighted by Crippen LogP contribution is 2.63. The van der Waals surface area contributed by atoms with Crippen LogP contribution in [0.15, 0.2) is 53.1 Å². The number of aromatic nitrogens is 1. The molecule has 0 bridgehead atoms. The summed E-state index contributed by atoms with van der Waals surface area (Å²) in [6, 6.07) is 14.2. The zero-order valence-corrected chi connectivity index (χ0v) is 18.1. The van der Waals surface area contributed by atoms with Crippen molar-refractivity contribution >= 4 is 39.5 Å². The number of benzene rings is 1. The summed E-state index contributed by atoms with van der Waals surface area (Å²) < 4.78 is 30.8. The molecule has 0 radical (unpaired) electrons. The second-order valence-corrected chi connectivity index (χ2v) is 9.26. The molecular formula is C20H20N3O5S2-. The number of thiophene rings is 1. The molecule has 3 aromatic rings. The molecule has 0 saturated heterocycles. The average molecular weight is 447 g/mol. The SMILES string of the molecule is CC1C(c2ccccc2)C1(C(=O)O)N(c1ccc(-c2cc(N(C)C)on2)s1)S(=O)[O-]. The Morgan fingerprint density at radius 2 is 1.97 bits per heavy atom. The topological polar surface area (TPSA) is 110 Å². The third-order valence-electron chi connectivity index (χ3n) is 5.53. The number of carboxylic acids is 1. The molecule has 8 nitrogen and oxygen atoms in total. The minimum atomic E-state index is -2.78. The standard InChI is InChI=1S/C20H21N3O5S2/c1-12-18(13-7-5-4-6-8-13)20(12,19(24)25)23(30(26)27)17-10-9-15(29-17)14-11-16(22(2)3)28-21-14/h4-12,18H,1-3H3,(H,24,25)(H,26,27)/p-1. The number of hydrogen-bond donors (Lipinski definition) is 1. The molecule has 1 fully saturated rings. The van der Waals surface area contributed by atoms with Gasteiger partial charge in [-0.1, -0.05) is 42.4 Å². The van der Waals surface area contributed by atoms with E-state index in [9.17, 15) is 18.7 Å². The van der Waals surface area contributed by atoms with Gasteiger partial charge in [0.05, 0.1) is 4.88 Å². The number of carboxylic acid groups (broad SMARTS) is 1. The summed E-state index contributed by atoms with van der Waals surface area (Å²) in [4.78, 5) is 14.9. The first-order valence-corrected chi connectivity index (χ1v) is 11.1. The summed E-state index contributed by atoms with van der Waals surface area (Å²) in [7, 11) is 3.64. The van der Waals surface area contributed by atoms with Crippen LogP contribution in [0.4, 0.5) is 10.9 Å². The molecule has 1 aliphatic carbocycles. The lowest BCUT2D eigenvalue weighted by Crippen LogP contribution is -2.47. The van der Waals surface area contributed by atoms with Gasteiger partial charge in [-0.3, -0.25) is 8.51 Å². The van der Waals surface area contributed by atoms with E-state index in [1.165, 1.54) is 0 Å². The van der Waals surface area contributed by atoms with Gasteiger partial charge < -0.3 is 19.1 Å². The van der Waals surface area contributed by atoms with Crippen LogP contribution in [-0.2, 0) is 16.1 Å². The zero-order valence-electron chi connectivity index (χ0n) is 16.5. The van der Waals surface area contributed by atoms with Crippen molar-refractivity contribution in [2.24, 2.45) is 5.92 Å². The lowest BCUT2D eigenvalue weighted by molar-refractivity contribution is -0.139. The molecule has 4 unspecified atom stereocenters. The van der Waals surface area contributed by atoms with Crippen LogP contribution in [0, 0.1) is 5.92 Å². The van der Waals surface area contributed by atoms with Crippen LogP contribution in [0.2, 0.25) is 0 Å². The average Bonchev–Trinajstić information content (AvgIpc) is 3.10. The van der Waals surface area contributed by atoms with Gasteiger partial charge in [0.25, 0.3) is 0 Å². The lowest BCUT2D eigenvalue weighted by Gasteiger charge is -2.32. The van der Waals surface area contributed by atoms with Gasteiger partial charge in [-0.15, -0.1) is 11.3 Å². The summed E-state index contributed by atoms with van der Waals surface area (Å²) in [5.41, 5.74) is -0.222. The van der Waals surface area contributed by atoms with Crippen molar-refractivity contribution in [2.45, 2.75) is 18.4 Å². The first kappa shape index (κ1) is 20.6. The fourth-order valence-electron chi connectivity index (χ4n) is 4.02. The third-order valence-corrected chi connectivity index (χ3v) is 7.53. The van der Waals surface area contributed by atoms with E-state index in [0.717, 1.165) is 21.2 Å². The van der Waals surface area contributed by atoms with Crippen LogP contribution in [0.3, 0.4) is 0 Å². The Morgan fingerprint density at radius 3 is 2.53 bits per heavy atom. The normalized spacial score (nSPS) is 23.7. The van der Waals surface area contributed by atoms with E-state index in [0.29, 0.717) is 21.5 Å². The summed E-state index contributed by atoms with van der Waals surface area (Å²) in [6.07, 6.45) is 0. The minimum Gasteiger partial charge on any atom is -0.755 e. The predicted octanol–water partition coefficient (Wildman–Crippen LogP) is 3.33. The summed E-state index contributed by atoms with van der Waals surface area (Å²) in [5.74, 6) is -1.45. The van der Waals surface area contributed by atoms with Gasteiger partial charge in [-0.05, 0) is 17.7 Å². The van der Waals surface area contributed by atoms with Crippen molar-refractivity contribution in [3.8, 4) is 10.6 Å². The molecule has 1 aromatic carbocycles. The van der Waals surface area contributed by atoms with Crippen LogP contribution < -0.4 is 9.21 Å². The quantitative estimate of drug-likeness (QED) is 0.554. The highest BCUT2D eigenvalue weighted by Gasteiger charge is 2.72. The highest BCUT2D eigenvalue weighted by molar-refractivity contribution is 7.81. The number of hydrogen-bond acceptors (Lipinski definition) is 7. The van der Waals surface area contributed by atoms with Crippen LogP contribution >= 0.6 is 11.3 Å². The van der Waals surface area contributed by atoms with Crippen molar-refractivity contribution in [2.75, 3.05) is 23.3 Å². The Balaban J connectivity index is 1.74. The molecule has 2 heterocycles. The second-order valence-electron chi connectivity index (χ2n) is 7.40. The molecule has 4 atom stereocenters. The van der Waals surface area contributed by atoms with Crippen LogP contribution in [0.25, 0.3) is 10.6 Å². The Morgan fingerprint density at radius 1 is 1.27 bits per heavy atom. The molecule has 0 aliphatic heterocycles. The second kappa shape index (κ2) is 7.53. The molecule has 158 valence electrons. The van der Waals surface area contributed by atoms with Gasteiger partial charge in [0.15, 0.2) is 5.54 Å².